The SMILES string of the molecule is Cc1ccc(C(=O)c2cnsc2C)c(C)c1C. The highest BCUT2D eigenvalue weighted by Gasteiger charge is 2.16. The van der Waals surface area contributed by atoms with Crippen LogP contribution in [0.4, 0.5) is 0 Å². The molecule has 3 heteroatoms. The van der Waals surface area contributed by atoms with Crippen LogP contribution in [0.3, 0.4) is 0 Å². The van der Waals surface area contributed by atoms with E-state index in [2.05, 4.69) is 18.2 Å². The molecule has 0 amide bonds. The summed E-state index contributed by atoms with van der Waals surface area (Å²) in [5, 5.41) is 0. The molecule has 1 heterocycles. The standard InChI is InChI=1S/C14H15NOS/c1-8-5-6-12(10(3)9(8)2)14(16)13-7-15-17-11(13)4/h5-7H,1-4H3. The molecule has 0 fully saturated rings. The maximum atomic E-state index is 12.4. The molecule has 0 bridgehead atoms. The number of carbonyl (C=O) groups excluding carboxylic acids is 1. The van der Waals surface area contributed by atoms with Gasteiger partial charge in [-0.15, -0.1) is 0 Å². The van der Waals surface area contributed by atoms with Crippen molar-refractivity contribution in [3.05, 3.63) is 51.0 Å². The van der Waals surface area contributed by atoms with E-state index in [0.29, 0.717) is 0 Å². The van der Waals surface area contributed by atoms with Crippen molar-refractivity contribution < 1.29 is 4.79 Å². The minimum atomic E-state index is 0.0804. The average Bonchev–Trinajstić information content (AvgIpc) is 2.72. The lowest BCUT2D eigenvalue weighted by atomic mass is 9.94. The van der Waals surface area contributed by atoms with Crippen molar-refractivity contribution in [1.82, 2.24) is 4.37 Å². The second-order valence-corrected chi connectivity index (χ2v) is 5.31. The van der Waals surface area contributed by atoms with E-state index in [1.165, 1.54) is 22.7 Å². The first kappa shape index (κ1) is 12.0. The molecule has 0 radical (unpaired) electrons. The van der Waals surface area contributed by atoms with Gasteiger partial charge in [0.1, 0.15) is 0 Å². The molecule has 2 nitrogen and oxygen atoms in total. The molecule has 1 aromatic carbocycles. The van der Waals surface area contributed by atoms with Crippen molar-refractivity contribution in [1.29, 1.82) is 0 Å². The van der Waals surface area contributed by atoms with E-state index in [-0.39, 0.29) is 5.78 Å². The number of aromatic nitrogens is 1. The molecule has 17 heavy (non-hydrogen) atoms. The van der Waals surface area contributed by atoms with Crippen molar-refractivity contribution >= 4 is 17.3 Å². The molecule has 0 aliphatic carbocycles. The first-order valence-corrected chi connectivity index (χ1v) is 6.32. The Balaban J connectivity index is 2.53. The van der Waals surface area contributed by atoms with Crippen LogP contribution in [-0.4, -0.2) is 10.2 Å². The van der Waals surface area contributed by atoms with E-state index in [1.807, 2.05) is 26.0 Å². The Labute approximate surface area is 105 Å². The van der Waals surface area contributed by atoms with Crippen LogP contribution < -0.4 is 0 Å². The lowest BCUT2D eigenvalue weighted by Gasteiger charge is -2.09. The first-order chi connectivity index (χ1) is 8.02. The number of nitrogens with zero attached hydrogens (tertiary/aromatic N) is 1. The largest absolute Gasteiger partial charge is 0.288 e. The van der Waals surface area contributed by atoms with Gasteiger partial charge in [-0.1, -0.05) is 12.1 Å². The molecular weight excluding hydrogens is 230 g/mol. The van der Waals surface area contributed by atoms with Crippen LogP contribution in [0, 0.1) is 27.7 Å². The predicted octanol–water partition coefficient (Wildman–Crippen LogP) is 3.61. The normalized spacial score (nSPS) is 10.6. The summed E-state index contributed by atoms with van der Waals surface area (Å²) >= 11 is 1.37. The molecule has 0 aliphatic heterocycles. The summed E-state index contributed by atoms with van der Waals surface area (Å²) in [6.45, 7) is 8.06. The van der Waals surface area contributed by atoms with Crippen molar-refractivity contribution in [2.24, 2.45) is 0 Å². The van der Waals surface area contributed by atoms with Gasteiger partial charge in [-0.3, -0.25) is 4.79 Å². The van der Waals surface area contributed by atoms with Gasteiger partial charge < -0.3 is 0 Å². The molecule has 0 unspecified atom stereocenters. The second-order valence-electron chi connectivity index (χ2n) is 4.30. The number of rotatable bonds is 2. The fourth-order valence-electron chi connectivity index (χ4n) is 1.86. The van der Waals surface area contributed by atoms with Gasteiger partial charge >= 0.3 is 0 Å². The van der Waals surface area contributed by atoms with Crippen LogP contribution >= 0.6 is 11.5 Å². The molecule has 0 spiro atoms. The Morgan fingerprint density at radius 2 is 1.76 bits per heavy atom. The number of carbonyl (C=O) groups is 1. The average molecular weight is 245 g/mol. The predicted molar refractivity (Wildman–Crippen MR) is 70.9 cm³/mol. The Hall–Kier alpha value is -1.48. The zero-order valence-electron chi connectivity index (χ0n) is 10.5. The monoisotopic (exact) mass is 245 g/mol. The van der Waals surface area contributed by atoms with Gasteiger partial charge in [-0.05, 0) is 55.9 Å². The lowest BCUT2D eigenvalue weighted by Crippen LogP contribution is -2.05. The quantitative estimate of drug-likeness (QED) is 0.756. The van der Waals surface area contributed by atoms with Crippen molar-refractivity contribution in [2.45, 2.75) is 27.7 Å². The number of aryl methyl sites for hydroxylation is 2. The van der Waals surface area contributed by atoms with Crippen LogP contribution in [0.25, 0.3) is 0 Å². The molecule has 0 saturated carbocycles. The third kappa shape index (κ3) is 2.03. The second kappa shape index (κ2) is 4.41. The highest BCUT2D eigenvalue weighted by Crippen LogP contribution is 2.22. The Morgan fingerprint density at radius 3 is 2.35 bits per heavy atom. The highest BCUT2D eigenvalue weighted by molar-refractivity contribution is 7.06. The van der Waals surface area contributed by atoms with Crippen molar-refractivity contribution in [3.8, 4) is 0 Å². The van der Waals surface area contributed by atoms with Gasteiger partial charge in [0.15, 0.2) is 5.78 Å². The van der Waals surface area contributed by atoms with Gasteiger partial charge in [-0.25, -0.2) is 4.37 Å². The summed E-state index contributed by atoms with van der Waals surface area (Å²) in [7, 11) is 0. The summed E-state index contributed by atoms with van der Waals surface area (Å²) in [6, 6.07) is 3.92. The minimum absolute atomic E-state index is 0.0804. The van der Waals surface area contributed by atoms with E-state index in [0.717, 1.165) is 21.6 Å². The molecule has 0 saturated heterocycles. The molecule has 2 aromatic rings. The van der Waals surface area contributed by atoms with Gasteiger partial charge in [-0.2, -0.15) is 0 Å². The fraction of sp³-hybridized carbons (Fsp3) is 0.286. The van der Waals surface area contributed by atoms with Crippen LogP contribution in [0.5, 0.6) is 0 Å². The third-order valence-electron chi connectivity index (χ3n) is 3.30. The first-order valence-electron chi connectivity index (χ1n) is 5.55. The summed E-state index contributed by atoms with van der Waals surface area (Å²) in [4.78, 5) is 13.4. The van der Waals surface area contributed by atoms with E-state index >= 15 is 0 Å². The summed E-state index contributed by atoms with van der Waals surface area (Å²) < 4.78 is 4.06. The van der Waals surface area contributed by atoms with E-state index < -0.39 is 0 Å². The van der Waals surface area contributed by atoms with Crippen molar-refractivity contribution in [2.75, 3.05) is 0 Å². The number of benzene rings is 1. The Bertz CT molecular complexity index is 584. The summed E-state index contributed by atoms with van der Waals surface area (Å²) in [5.74, 6) is 0.0804. The number of hydrogen-bond donors (Lipinski definition) is 0. The molecule has 88 valence electrons. The van der Waals surface area contributed by atoms with Crippen LogP contribution in [-0.2, 0) is 0 Å². The topological polar surface area (TPSA) is 30.0 Å². The van der Waals surface area contributed by atoms with Crippen LogP contribution in [0.2, 0.25) is 0 Å². The van der Waals surface area contributed by atoms with E-state index in [4.69, 9.17) is 0 Å². The molecule has 2 rings (SSSR count). The molecule has 1 aromatic heterocycles. The smallest absolute Gasteiger partial charge is 0.196 e. The van der Waals surface area contributed by atoms with Crippen molar-refractivity contribution in [3.63, 3.8) is 0 Å². The van der Waals surface area contributed by atoms with Crippen LogP contribution in [0.15, 0.2) is 18.3 Å². The summed E-state index contributed by atoms with van der Waals surface area (Å²) in [5.41, 5.74) is 4.99. The zero-order chi connectivity index (χ0) is 12.6. The van der Waals surface area contributed by atoms with E-state index in [1.54, 1.807) is 6.20 Å². The van der Waals surface area contributed by atoms with Crippen LogP contribution in [0.1, 0.15) is 37.5 Å². The molecule has 0 N–H and O–H groups in total. The molecule has 0 atom stereocenters. The highest BCUT2D eigenvalue weighted by atomic mass is 32.1. The van der Waals surface area contributed by atoms with Gasteiger partial charge in [0.05, 0.1) is 11.8 Å². The lowest BCUT2D eigenvalue weighted by molar-refractivity contribution is 0.103. The molecule has 0 aliphatic rings. The van der Waals surface area contributed by atoms with Gasteiger partial charge in [0.2, 0.25) is 0 Å². The maximum absolute atomic E-state index is 12.4. The Morgan fingerprint density at radius 1 is 1.06 bits per heavy atom. The number of ketones is 1. The van der Waals surface area contributed by atoms with Gasteiger partial charge in [0, 0.05) is 10.4 Å². The number of hydrogen-bond acceptors (Lipinski definition) is 3. The zero-order valence-corrected chi connectivity index (χ0v) is 11.3. The Kier molecular flexibility index (Phi) is 3.11. The van der Waals surface area contributed by atoms with E-state index in [9.17, 15) is 4.79 Å². The minimum Gasteiger partial charge on any atom is -0.288 e. The summed E-state index contributed by atoms with van der Waals surface area (Å²) in [6.07, 6.45) is 1.66. The van der Waals surface area contributed by atoms with Gasteiger partial charge in [0.25, 0.3) is 0 Å². The third-order valence-corrected chi connectivity index (χ3v) is 4.00. The molecular formula is C14H15NOS. The fourth-order valence-corrected chi connectivity index (χ4v) is 2.42. The maximum Gasteiger partial charge on any atom is 0.196 e.